The minimum atomic E-state index is 0.0826. The SMILES string of the molecule is CNC(C)(C)Cc1nc(-c2ccccn2)cs1. The highest BCUT2D eigenvalue weighted by molar-refractivity contribution is 7.09. The van der Waals surface area contributed by atoms with Crippen LogP contribution in [-0.2, 0) is 6.42 Å². The molecule has 1 N–H and O–H groups in total. The Morgan fingerprint density at radius 3 is 2.76 bits per heavy atom. The number of thiazole rings is 1. The highest BCUT2D eigenvalue weighted by atomic mass is 32.1. The smallest absolute Gasteiger partial charge is 0.0998 e. The summed E-state index contributed by atoms with van der Waals surface area (Å²) in [5.41, 5.74) is 1.99. The summed E-state index contributed by atoms with van der Waals surface area (Å²) in [6, 6.07) is 5.89. The molecular weight excluding hydrogens is 230 g/mol. The number of pyridine rings is 1. The van der Waals surface area contributed by atoms with E-state index in [1.54, 1.807) is 17.5 Å². The molecule has 2 rings (SSSR count). The van der Waals surface area contributed by atoms with Crippen LogP contribution in [0.2, 0.25) is 0 Å². The molecule has 2 aromatic heterocycles. The van der Waals surface area contributed by atoms with Crippen molar-refractivity contribution in [1.29, 1.82) is 0 Å². The Bertz CT molecular complexity index is 476. The summed E-state index contributed by atoms with van der Waals surface area (Å²) in [4.78, 5) is 8.94. The highest BCUT2D eigenvalue weighted by Gasteiger charge is 2.17. The van der Waals surface area contributed by atoms with Crippen molar-refractivity contribution >= 4 is 11.3 Å². The standard InChI is InChI=1S/C13H17N3S/c1-13(2,14-3)8-12-16-11(9-17-12)10-6-4-5-7-15-10/h4-7,9,14H,8H2,1-3H3. The van der Waals surface area contributed by atoms with Gasteiger partial charge < -0.3 is 5.32 Å². The third-order valence-corrected chi connectivity index (χ3v) is 3.60. The van der Waals surface area contributed by atoms with E-state index in [2.05, 4.69) is 34.5 Å². The van der Waals surface area contributed by atoms with Gasteiger partial charge in [0.2, 0.25) is 0 Å². The molecule has 3 nitrogen and oxygen atoms in total. The van der Waals surface area contributed by atoms with Crippen LogP contribution in [0, 0.1) is 0 Å². The van der Waals surface area contributed by atoms with Crippen molar-refractivity contribution in [2.45, 2.75) is 25.8 Å². The monoisotopic (exact) mass is 247 g/mol. The second kappa shape index (κ2) is 4.94. The van der Waals surface area contributed by atoms with Gasteiger partial charge in [-0.1, -0.05) is 6.07 Å². The Balaban J connectivity index is 2.17. The number of rotatable bonds is 4. The van der Waals surface area contributed by atoms with Crippen molar-refractivity contribution in [1.82, 2.24) is 15.3 Å². The van der Waals surface area contributed by atoms with Crippen LogP contribution in [0.15, 0.2) is 29.8 Å². The van der Waals surface area contributed by atoms with Gasteiger partial charge in [-0.3, -0.25) is 4.98 Å². The molecule has 0 amide bonds. The molecule has 0 aliphatic rings. The first kappa shape index (κ1) is 12.2. The van der Waals surface area contributed by atoms with Crippen molar-refractivity contribution in [2.24, 2.45) is 0 Å². The van der Waals surface area contributed by atoms with Gasteiger partial charge in [-0.2, -0.15) is 0 Å². The fourth-order valence-electron chi connectivity index (χ4n) is 1.49. The van der Waals surface area contributed by atoms with Gasteiger partial charge in [-0.15, -0.1) is 11.3 Å². The molecule has 0 aliphatic carbocycles. The molecule has 0 aliphatic heterocycles. The third kappa shape index (κ3) is 3.11. The van der Waals surface area contributed by atoms with Crippen LogP contribution in [0.1, 0.15) is 18.9 Å². The number of hydrogen-bond acceptors (Lipinski definition) is 4. The molecule has 0 unspecified atom stereocenters. The van der Waals surface area contributed by atoms with Gasteiger partial charge in [-0.25, -0.2) is 4.98 Å². The van der Waals surface area contributed by atoms with Crippen LogP contribution >= 0.6 is 11.3 Å². The van der Waals surface area contributed by atoms with Crippen LogP contribution < -0.4 is 5.32 Å². The number of nitrogens with zero attached hydrogens (tertiary/aromatic N) is 2. The predicted molar refractivity (Wildman–Crippen MR) is 72.2 cm³/mol. The number of nitrogens with one attached hydrogen (secondary N) is 1. The van der Waals surface area contributed by atoms with Gasteiger partial charge in [0.1, 0.15) is 0 Å². The van der Waals surface area contributed by atoms with E-state index in [4.69, 9.17) is 0 Å². The molecule has 0 atom stereocenters. The zero-order valence-electron chi connectivity index (χ0n) is 10.4. The van der Waals surface area contributed by atoms with Crippen molar-refractivity contribution in [2.75, 3.05) is 7.05 Å². The molecular formula is C13H17N3S. The Morgan fingerprint density at radius 2 is 2.12 bits per heavy atom. The lowest BCUT2D eigenvalue weighted by molar-refractivity contribution is 0.421. The van der Waals surface area contributed by atoms with Gasteiger partial charge in [0.25, 0.3) is 0 Å². The first-order valence-electron chi connectivity index (χ1n) is 5.65. The van der Waals surface area contributed by atoms with Crippen LogP contribution in [0.5, 0.6) is 0 Å². The molecule has 2 aromatic rings. The summed E-state index contributed by atoms with van der Waals surface area (Å²) in [7, 11) is 1.98. The van der Waals surface area contributed by atoms with E-state index in [1.165, 1.54) is 0 Å². The van der Waals surface area contributed by atoms with Crippen LogP contribution in [0.4, 0.5) is 0 Å². The van der Waals surface area contributed by atoms with Gasteiger partial charge >= 0.3 is 0 Å². The maximum atomic E-state index is 4.63. The Labute approximate surface area is 106 Å². The second-order valence-corrected chi connectivity index (χ2v) is 5.59. The molecule has 0 fully saturated rings. The maximum absolute atomic E-state index is 4.63. The van der Waals surface area contributed by atoms with E-state index in [9.17, 15) is 0 Å². The van der Waals surface area contributed by atoms with Crippen LogP contribution in [-0.4, -0.2) is 22.6 Å². The van der Waals surface area contributed by atoms with Gasteiger partial charge in [0.15, 0.2) is 0 Å². The Morgan fingerprint density at radius 1 is 1.29 bits per heavy atom. The van der Waals surface area contributed by atoms with E-state index in [0.717, 1.165) is 22.8 Å². The Hall–Kier alpha value is -1.26. The van der Waals surface area contributed by atoms with Crippen molar-refractivity contribution in [3.8, 4) is 11.4 Å². The predicted octanol–water partition coefficient (Wildman–Crippen LogP) is 2.75. The summed E-state index contributed by atoms with van der Waals surface area (Å²) >= 11 is 1.70. The molecule has 0 aromatic carbocycles. The molecule has 90 valence electrons. The molecule has 0 saturated carbocycles. The number of hydrogen-bond donors (Lipinski definition) is 1. The maximum Gasteiger partial charge on any atom is 0.0998 e. The van der Waals surface area contributed by atoms with Crippen molar-refractivity contribution in [3.05, 3.63) is 34.8 Å². The van der Waals surface area contributed by atoms with Gasteiger partial charge in [-0.05, 0) is 33.0 Å². The van der Waals surface area contributed by atoms with E-state index in [1.807, 2.05) is 25.2 Å². The second-order valence-electron chi connectivity index (χ2n) is 4.65. The highest BCUT2D eigenvalue weighted by Crippen LogP contribution is 2.22. The van der Waals surface area contributed by atoms with E-state index >= 15 is 0 Å². The largest absolute Gasteiger partial charge is 0.314 e. The van der Waals surface area contributed by atoms with Crippen LogP contribution in [0.25, 0.3) is 11.4 Å². The minimum Gasteiger partial charge on any atom is -0.314 e. The average molecular weight is 247 g/mol. The lowest BCUT2D eigenvalue weighted by Gasteiger charge is -2.22. The molecule has 0 radical (unpaired) electrons. The van der Waals surface area contributed by atoms with Crippen molar-refractivity contribution in [3.63, 3.8) is 0 Å². The van der Waals surface area contributed by atoms with E-state index in [-0.39, 0.29) is 5.54 Å². The summed E-state index contributed by atoms with van der Waals surface area (Å²) in [5.74, 6) is 0. The first-order valence-corrected chi connectivity index (χ1v) is 6.53. The molecule has 17 heavy (non-hydrogen) atoms. The molecule has 0 bridgehead atoms. The lowest BCUT2D eigenvalue weighted by Crippen LogP contribution is -2.38. The quantitative estimate of drug-likeness (QED) is 0.902. The lowest BCUT2D eigenvalue weighted by atomic mass is 10.0. The van der Waals surface area contributed by atoms with Gasteiger partial charge in [0, 0.05) is 23.5 Å². The fraction of sp³-hybridized carbons (Fsp3) is 0.385. The fourth-order valence-corrected chi connectivity index (χ4v) is 2.51. The summed E-state index contributed by atoms with van der Waals surface area (Å²) in [6.45, 7) is 4.35. The topological polar surface area (TPSA) is 37.8 Å². The number of aromatic nitrogens is 2. The normalized spacial score (nSPS) is 11.7. The third-order valence-electron chi connectivity index (χ3n) is 2.75. The van der Waals surface area contributed by atoms with Crippen LogP contribution in [0.3, 0.4) is 0 Å². The summed E-state index contributed by atoms with van der Waals surface area (Å²) in [5, 5.41) is 6.51. The average Bonchev–Trinajstić information content (AvgIpc) is 2.78. The first-order chi connectivity index (χ1) is 8.11. The molecule has 0 spiro atoms. The minimum absolute atomic E-state index is 0.0826. The zero-order valence-corrected chi connectivity index (χ0v) is 11.2. The zero-order chi connectivity index (χ0) is 12.3. The van der Waals surface area contributed by atoms with Crippen molar-refractivity contribution < 1.29 is 0 Å². The Kier molecular flexibility index (Phi) is 3.54. The van der Waals surface area contributed by atoms with Gasteiger partial charge in [0.05, 0.1) is 16.4 Å². The molecule has 0 saturated heterocycles. The number of likely N-dealkylation sites (N-methyl/N-ethyl adjacent to an activating group) is 1. The summed E-state index contributed by atoms with van der Waals surface area (Å²) in [6.07, 6.45) is 2.73. The van der Waals surface area contributed by atoms with E-state index in [0.29, 0.717) is 0 Å². The molecule has 4 heteroatoms. The molecule has 2 heterocycles. The van der Waals surface area contributed by atoms with E-state index < -0.39 is 0 Å². The summed E-state index contributed by atoms with van der Waals surface area (Å²) < 4.78 is 0.